The van der Waals surface area contributed by atoms with E-state index in [2.05, 4.69) is 33.1 Å². The summed E-state index contributed by atoms with van der Waals surface area (Å²) in [4.78, 5) is 2.17. The molecule has 1 N–H and O–H groups in total. The summed E-state index contributed by atoms with van der Waals surface area (Å²) in [6.07, 6.45) is 5.15. The SMILES string of the molecule is CN1C(O)SC2CC3(C)[B]C3(C)CCCC21. The molecule has 2 aliphatic heterocycles. The molecule has 3 rings (SSSR count). The summed E-state index contributed by atoms with van der Waals surface area (Å²) in [5, 5.41) is 11.5. The second-order valence-corrected chi connectivity index (χ2v) is 7.61. The van der Waals surface area contributed by atoms with E-state index >= 15 is 0 Å². The highest BCUT2D eigenvalue weighted by Gasteiger charge is 2.63. The average molecular weight is 238 g/mol. The standard InChI is InChI=1S/C12H21BNOS/c1-11-6-4-5-8-9(7-12(11,2)13-11)16-10(15)14(8)3/h8-10,15H,4-7H2,1-3H3. The lowest BCUT2D eigenvalue weighted by Crippen LogP contribution is -2.36. The van der Waals surface area contributed by atoms with Crippen molar-refractivity contribution < 1.29 is 5.11 Å². The molecule has 1 saturated carbocycles. The lowest BCUT2D eigenvalue weighted by molar-refractivity contribution is 0.0721. The van der Waals surface area contributed by atoms with Gasteiger partial charge < -0.3 is 5.11 Å². The zero-order valence-electron chi connectivity index (χ0n) is 10.4. The van der Waals surface area contributed by atoms with Crippen molar-refractivity contribution in [3.63, 3.8) is 0 Å². The van der Waals surface area contributed by atoms with Crippen LogP contribution in [0.4, 0.5) is 0 Å². The first kappa shape index (κ1) is 11.4. The fourth-order valence-electron chi connectivity index (χ4n) is 3.76. The lowest BCUT2D eigenvalue weighted by atomic mass is 9.82. The molecule has 2 heterocycles. The van der Waals surface area contributed by atoms with Gasteiger partial charge in [0.2, 0.25) is 0 Å². The molecule has 0 aromatic heterocycles. The van der Waals surface area contributed by atoms with Crippen LogP contribution in [0.25, 0.3) is 0 Å². The van der Waals surface area contributed by atoms with E-state index in [1.165, 1.54) is 25.7 Å². The predicted molar refractivity (Wildman–Crippen MR) is 69.9 cm³/mol. The molecule has 3 fully saturated rings. The normalized spacial score (nSPS) is 56.9. The van der Waals surface area contributed by atoms with Gasteiger partial charge in [0.1, 0.15) is 7.28 Å². The molecule has 16 heavy (non-hydrogen) atoms. The van der Waals surface area contributed by atoms with Crippen molar-refractivity contribution in [2.45, 2.75) is 67.0 Å². The molecular formula is C12H21BNOS. The van der Waals surface area contributed by atoms with E-state index in [9.17, 15) is 5.11 Å². The molecule has 0 bridgehead atoms. The van der Waals surface area contributed by atoms with Crippen LogP contribution < -0.4 is 0 Å². The van der Waals surface area contributed by atoms with Gasteiger partial charge in [-0.2, -0.15) is 0 Å². The van der Waals surface area contributed by atoms with E-state index < -0.39 is 0 Å². The van der Waals surface area contributed by atoms with Gasteiger partial charge in [-0.3, -0.25) is 4.90 Å². The van der Waals surface area contributed by atoms with Crippen LogP contribution in [0.5, 0.6) is 0 Å². The molecule has 0 aromatic rings. The third-order valence-electron chi connectivity index (χ3n) is 5.28. The minimum atomic E-state index is -0.276. The molecule has 0 amide bonds. The van der Waals surface area contributed by atoms with Gasteiger partial charge in [0, 0.05) is 11.3 Å². The van der Waals surface area contributed by atoms with Crippen molar-refractivity contribution in [1.82, 2.24) is 4.90 Å². The van der Waals surface area contributed by atoms with Gasteiger partial charge in [-0.1, -0.05) is 37.3 Å². The Labute approximate surface area is 103 Å². The van der Waals surface area contributed by atoms with Crippen molar-refractivity contribution in [3.05, 3.63) is 0 Å². The van der Waals surface area contributed by atoms with Crippen LogP contribution in [0.3, 0.4) is 0 Å². The number of nitrogens with zero attached hydrogens (tertiary/aromatic N) is 1. The fourth-order valence-corrected chi connectivity index (χ4v) is 5.37. The lowest BCUT2D eigenvalue weighted by Gasteiger charge is -2.32. The fraction of sp³-hybridized carbons (Fsp3) is 1.00. The first-order valence-corrected chi connectivity index (χ1v) is 7.32. The zero-order chi connectivity index (χ0) is 11.6. The smallest absolute Gasteiger partial charge is 0.155 e. The maximum Gasteiger partial charge on any atom is 0.155 e. The zero-order valence-corrected chi connectivity index (χ0v) is 11.3. The Morgan fingerprint density at radius 1 is 1.38 bits per heavy atom. The first-order chi connectivity index (χ1) is 7.45. The quantitative estimate of drug-likeness (QED) is 0.655. The van der Waals surface area contributed by atoms with E-state index in [0.717, 1.165) is 0 Å². The molecule has 0 spiro atoms. The van der Waals surface area contributed by atoms with Crippen molar-refractivity contribution in [2.75, 3.05) is 7.05 Å². The van der Waals surface area contributed by atoms with Crippen molar-refractivity contribution in [1.29, 1.82) is 0 Å². The van der Waals surface area contributed by atoms with Gasteiger partial charge in [0.15, 0.2) is 5.56 Å². The number of aliphatic hydroxyl groups excluding tert-OH is 1. The highest BCUT2D eigenvalue weighted by atomic mass is 32.2. The molecule has 5 atom stereocenters. The van der Waals surface area contributed by atoms with Crippen LogP contribution in [0.2, 0.25) is 10.6 Å². The maximum absolute atomic E-state index is 9.94. The van der Waals surface area contributed by atoms with Gasteiger partial charge in [0.05, 0.1) is 0 Å². The second-order valence-electron chi connectivity index (χ2n) is 6.31. The van der Waals surface area contributed by atoms with Gasteiger partial charge in [-0.15, -0.1) is 11.8 Å². The van der Waals surface area contributed by atoms with Crippen molar-refractivity contribution >= 4 is 19.0 Å². The summed E-state index contributed by atoms with van der Waals surface area (Å²) in [5.41, 5.74) is -0.276. The third kappa shape index (κ3) is 1.49. The Bertz CT molecular complexity index is 315. The van der Waals surface area contributed by atoms with Gasteiger partial charge >= 0.3 is 0 Å². The number of hydrogen-bond donors (Lipinski definition) is 1. The Balaban J connectivity index is 1.80. The van der Waals surface area contributed by atoms with Crippen LogP contribution in [0.15, 0.2) is 0 Å². The Kier molecular flexibility index (Phi) is 2.45. The molecule has 0 aromatic carbocycles. The predicted octanol–water partition coefficient (Wildman–Crippen LogP) is 2.33. The molecule has 1 radical (unpaired) electrons. The monoisotopic (exact) mass is 238 g/mol. The topological polar surface area (TPSA) is 23.5 Å². The minimum absolute atomic E-state index is 0.276. The number of rotatable bonds is 0. The first-order valence-electron chi connectivity index (χ1n) is 6.38. The third-order valence-corrected chi connectivity index (χ3v) is 6.68. The molecule has 1 aliphatic carbocycles. The number of fused-ring (bicyclic) bond motifs is 2. The summed E-state index contributed by atoms with van der Waals surface area (Å²) < 4.78 is 0. The van der Waals surface area contributed by atoms with E-state index in [1.807, 2.05) is 0 Å². The van der Waals surface area contributed by atoms with Crippen LogP contribution in [0.1, 0.15) is 39.5 Å². The minimum Gasteiger partial charge on any atom is -0.369 e. The van der Waals surface area contributed by atoms with Gasteiger partial charge in [-0.05, 0) is 19.9 Å². The molecule has 2 nitrogen and oxygen atoms in total. The summed E-state index contributed by atoms with van der Waals surface area (Å²) >= 11 is 1.77. The number of thioether (sulfide) groups is 1. The van der Waals surface area contributed by atoms with Crippen molar-refractivity contribution in [3.8, 4) is 0 Å². The van der Waals surface area contributed by atoms with E-state index in [4.69, 9.17) is 0 Å². The highest BCUT2D eigenvalue weighted by molar-refractivity contribution is 8.00. The Hall–Kier alpha value is 0.335. The summed E-state index contributed by atoms with van der Waals surface area (Å²) in [6.45, 7) is 4.81. The van der Waals surface area contributed by atoms with Crippen molar-refractivity contribution in [2.24, 2.45) is 0 Å². The molecule has 3 aliphatic rings. The summed E-state index contributed by atoms with van der Waals surface area (Å²) in [5.74, 6) is 0. The van der Waals surface area contributed by atoms with Crippen LogP contribution in [-0.2, 0) is 0 Å². The molecule has 89 valence electrons. The van der Waals surface area contributed by atoms with Crippen LogP contribution in [-0.4, -0.2) is 41.2 Å². The number of aliphatic hydroxyl groups is 1. The summed E-state index contributed by atoms with van der Waals surface area (Å²) in [7, 11) is 4.62. The second kappa shape index (κ2) is 3.42. The van der Waals surface area contributed by atoms with Crippen LogP contribution in [0, 0.1) is 0 Å². The molecule has 5 unspecified atom stereocenters. The Morgan fingerprint density at radius 3 is 2.88 bits per heavy atom. The molecular weight excluding hydrogens is 217 g/mol. The maximum atomic E-state index is 9.94. The average Bonchev–Trinajstić information content (AvgIpc) is 2.59. The van der Waals surface area contributed by atoms with Gasteiger partial charge in [-0.25, -0.2) is 0 Å². The van der Waals surface area contributed by atoms with E-state index in [-0.39, 0.29) is 5.56 Å². The molecule has 4 heteroatoms. The molecule has 2 saturated heterocycles. The largest absolute Gasteiger partial charge is 0.369 e. The summed E-state index contributed by atoms with van der Waals surface area (Å²) in [6, 6.07) is 0.593. The highest BCUT2D eigenvalue weighted by Crippen LogP contribution is 2.74. The Morgan fingerprint density at radius 2 is 2.12 bits per heavy atom. The van der Waals surface area contributed by atoms with E-state index in [0.29, 0.717) is 21.9 Å². The van der Waals surface area contributed by atoms with Crippen LogP contribution >= 0.6 is 11.8 Å². The number of hydrogen-bond acceptors (Lipinski definition) is 3. The van der Waals surface area contributed by atoms with Gasteiger partial charge in [0.25, 0.3) is 0 Å². The van der Waals surface area contributed by atoms with E-state index in [1.54, 1.807) is 11.8 Å².